The van der Waals surface area contributed by atoms with Crippen LogP contribution in [0.4, 0.5) is 5.69 Å². The second kappa shape index (κ2) is 6.95. The Balaban J connectivity index is 1.91. The first-order valence-corrected chi connectivity index (χ1v) is 8.17. The van der Waals surface area contributed by atoms with Gasteiger partial charge in [-0.2, -0.15) is 0 Å². The van der Waals surface area contributed by atoms with Gasteiger partial charge in [0.1, 0.15) is 0 Å². The number of pyridine rings is 1. The molecule has 1 saturated heterocycles. The molecule has 2 aromatic rings. The highest BCUT2D eigenvalue weighted by atomic mass is 16.6. The average Bonchev–Trinajstić information content (AvgIpc) is 2.60. The minimum absolute atomic E-state index is 0.0218. The number of H-pyrrole nitrogens is 1. The van der Waals surface area contributed by atoms with Gasteiger partial charge in [-0.05, 0) is 24.8 Å². The zero-order valence-corrected chi connectivity index (χ0v) is 13.8. The van der Waals surface area contributed by atoms with E-state index in [0.29, 0.717) is 36.8 Å². The number of likely N-dealkylation sites (tertiary alicyclic amines) is 1. The van der Waals surface area contributed by atoms with Crippen LogP contribution >= 0.6 is 0 Å². The second-order valence-electron chi connectivity index (χ2n) is 6.37. The van der Waals surface area contributed by atoms with Crippen LogP contribution in [0.5, 0.6) is 0 Å². The molecule has 1 aliphatic heterocycles. The Kier molecular flexibility index (Phi) is 4.70. The molecule has 1 fully saturated rings. The second-order valence-corrected chi connectivity index (χ2v) is 6.37. The Hall–Kier alpha value is -3.23. The van der Waals surface area contributed by atoms with Gasteiger partial charge in [-0.1, -0.05) is 0 Å². The number of hydrogen-bond acceptors (Lipinski definition) is 5. The number of aromatic nitrogens is 1. The van der Waals surface area contributed by atoms with Gasteiger partial charge in [0, 0.05) is 48.6 Å². The van der Waals surface area contributed by atoms with E-state index < -0.39 is 16.5 Å². The number of carbonyl (C=O) groups is 2. The molecule has 0 bridgehead atoms. The third-order valence-electron chi connectivity index (χ3n) is 4.63. The minimum atomic E-state index is -0.859. The van der Waals surface area contributed by atoms with Crippen LogP contribution in [0.3, 0.4) is 0 Å². The van der Waals surface area contributed by atoms with Crippen molar-refractivity contribution in [3.8, 4) is 0 Å². The number of piperidine rings is 1. The molecule has 0 atom stereocenters. The zero-order chi connectivity index (χ0) is 18.8. The number of rotatable bonds is 4. The van der Waals surface area contributed by atoms with E-state index >= 15 is 0 Å². The number of aliphatic carboxylic acids is 1. The molecule has 136 valence electrons. The molecule has 26 heavy (non-hydrogen) atoms. The topological polar surface area (TPSA) is 134 Å². The van der Waals surface area contributed by atoms with E-state index in [1.165, 1.54) is 18.2 Å². The van der Waals surface area contributed by atoms with Crippen LogP contribution in [0.1, 0.15) is 29.6 Å². The van der Waals surface area contributed by atoms with Crippen molar-refractivity contribution >= 4 is 28.5 Å². The molecule has 0 spiro atoms. The van der Waals surface area contributed by atoms with Crippen molar-refractivity contribution in [3.63, 3.8) is 0 Å². The van der Waals surface area contributed by atoms with E-state index in [0.717, 1.165) is 6.07 Å². The lowest BCUT2D eigenvalue weighted by Gasteiger charge is -2.31. The van der Waals surface area contributed by atoms with E-state index in [2.05, 4.69) is 4.98 Å². The van der Waals surface area contributed by atoms with Gasteiger partial charge in [0.2, 0.25) is 5.56 Å². The van der Waals surface area contributed by atoms with Crippen LogP contribution in [0.2, 0.25) is 0 Å². The molecule has 1 aliphatic rings. The molecule has 2 heterocycles. The van der Waals surface area contributed by atoms with Crippen molar-refractivity contribution in [1.29, 1.82) is 0 Å². The van der Waals surface area contributed by atoms with Gasteiger partial charge in [-0.3, -0.25) is 24.5 Å². The molecule has 1 aromatic carbocycles. The third-order valence-corrected chi connectivity index (χ3v) is 4.63. The number of amides is 1. The summed E-state index contributed by atoms with van der Waals surface area (Å²) in [7, 11) is 0. The van der Waals surface area contributed by atoms with Crippen molar-refractivity contribution in [3.05, 3.63) is 50.3 Å². The molecule has 0 aliphatic carbocycles. The minimum Gasteiger partial charge on any atom is -0.481 e. The van der Waals surface area contributed by atoms with Crippen molar-refractivity contribution in [2.75, 3.05) is 13.1 Å². The molecule has 1 amide bonds. The molecule has 9 heteroatoms. The van der Waals surface area contributed by atoms with E-state index in [1.807, 2.05) is 0 Å². The van der Waals surface area contributed by atoms with Gasteiger partial charge in [-0.15, -0.1) is 0 Å². The molecule has 3 rings (SSSR count). The van der Waals surface area contributed by atoms with Crippen LogP contribution in [-0.4, -0.2) is 44.9 Å². The normalized spacial score (nSPS) is 15.2. The van der Waals surface area contributed by atoms with Crippen LogP contribution in [0, 0.1) is 16.0 Å². The summed E-state index contributed by atoms with van der Waals surface area (Å²) in [6, 6.07) is 5.10. The van der Waals surface area contributed by atoms with Gasteiger partial charge in [0.15, 0.2) is 0 Å². The summed E-state index contributed by atoms with van der Waals surface area (Å²) < 4.78 is 0. The van der Waals surface area contributed by atoms with Gasteiger partial charge >= 0.3 is 5.97 Å². The summed E-state index contributed by atoms with van der Waals surface area (Å²) in [5.41, 5.74) is -0.162. The number of nitrogens with one attached hydrogen (secondary N) is 1. The van der Waals surface area contributed by atoms with Crippen molar-refractivity contribution < 1.29 is 19.6 Å². The van der Waals surface area contributed by atoms with Crippen molar-refractivity contribution in [2.24, 2.45) is 5.92 Å². The van der Waals surface area contributed by atoms with Gasteiger partial charge in [-0.25, -0.2) is 0 Å². The molecule has 2 N–H and O–H groups in total. The summed E-state index contributed by atoms with van der Waals surface area (Å²) in [5.74, 6) is -1.22. The molecule has 1 aromatic heterocycles. The van der Waals surface area contributed by atoms with Crippen LogP contribution in [0.15, 0.2) is 29.1 Å². The first-order chi connectivity index (χ1) is 12.3. The summed E-state index contributed by atoms with van der Waals surface area (Å²) in [6.45, 7) is 0.778. The van der Waals surface area contributed by atoms with E-state index in [-0.39, 0.29) is 29.5 Å². The number of aromatic amines is 1. The molecule has 9 nitrogen and oxygen atoms in total. The van der Waals surface area contributed by atoms with Gasteiger partial charge in [0.05, 0.1) is 10.5 Å². The van der Waals surface area contributed by atoms with E-state index in [4.69, 9.17) is 5.11 Å². The molecule has 0 saturated carbocycles. The number of nitro benzene ring substituents is 1. The highest BCUT2D eigenvalue weighted by Gasteiger charge is 2.26. The fourth-order valence-electron chi connectivity index (χ4n) is 3.29. The van der Waals surface area contributed by atoms with E-state index in [9.17, 15) is 24.5 Å². The Morgan fingerprint density at radius 2 is 1.96 bits per heavy atom. The molecule has 0 radical (unpaired) electrons. The number of carbonyl (C=O) groups excluding carboxylic acids is 1. The summed E-state index contributed by atoms with van der Waals surface area (Å²) in [4.78, 5) is 50.1. The third kappa shape index (κ3) is 3.56. The van der Waals surface area contributed by atoms with Crippen molar-refractivity contribution in [1.82, 2.24) is 9.88 Å². The number of carboxylic acid groups (broad SMARTS) is 1. The van der Waals surface area contributed by atoms with Crippen molar-refractivity contribution in [2.45, 2.75) is 19.3 Å². The number of nitro groups is 1. The molecular weight excluding hydrogens is 342 g/mol. The predicted octanol–water partition coefficient (Wildman–Crippen LogP) is 1.76. The van der Waals surface area contributed by atoms with E-state index in [1.54, 1.807) is 4.90 Å². The predicted molar refractivity (Wildman–Crippen MR) is 92.1 cm³/mol. The van der Waals surface area contributed by atoms with Crippen LogP contribution < -0.4 is 5.56 Å². The number of nitrogens with zero attached hydrogens (tertiary/aromatic N) is 2. The zero-order valence-electron chi connectivity index (χ0n) is 13.8. The quantitative estimate of drug-likeness (QED) is 0.631. The monoisotopic (exact) mass is 359 g/mol. The highest BCUT2D eigenvalue weighted by molar-refractivity contribution is 6.06. The first kappa shape index (κ1) is 17.6. The SMILES string of the molecule is O=C(O)CC1CCN(C(=O)c2cc(=O)[nH]c3ccc([N+](=O)[O-])cc23)CC1. The number of benzene rings is 1. The standard InChI is InChI=1S/C17H17N3O6/c21-15-9-13(12-8-11(20(25)26)1-2-14(12)18-15)17(24)19-5-3-10(4-6-19)7-16(22)23/h1-2,8-10H,3-7H2,(H,18,21)(H,22,23). The summed E-state index contributed by atoms with van der Waals surface area (Å²) in [5, 5.41) is 20.2. The highest BCUT2D eigenvalue weighted by Crippen LogP contribution is 2.25. The fourth-order valence-corrected chi connectivity index (χ4v) is 3.29. The van der Waals surface area contributed by atoms with Gasteiger partial charge < -0.3 is 15.0 Å². The molecular formula is C17H17N3O6. The van der Waals surface area contributed by atoms with Crippen LogP contribution in [-0.2, 0) is 4.79 Å². The van der Waals surface area contributed by atoms with Gasteiger partial charge in [0.25, 0.3) is 11.6 Å². The maximum atomic E-state index is 12.9. The molecule has 0 unspecified atom stereocenters. The maximum absolute atomic E-state index is 12.9. The Morgan fingerprint density at radius 1 is 1.27 bits per heavy atom. The number of carboxylic acids is 1. The van der Waals surface area contributed by atoms with Crippen LogP contribution in [0.25, 0.3) is 10.9 Å². The lowest BCUT2D eigenvalue weighted by Crippen LogP contribution is -2.39. The Morgan fingerprint density at radius 3 is 2.58 bits per heavy atom. The lowest BCUT2D eigenvalue weighted by atomic mass is 9.93. The fraction of sp³-hybridized carbons (Fsp3) is 0.353. The summed E-state index contributed by atoms with van der Waals surface area (Å²) in [6.07, 6.45) is 1.21. The average molecular weight is 359 g/mol. The number of hydrogen-bond donors (Lipinski definition) is 2. The number of non-ortho nitro benzene ring substituents is 1. The lowest BCUT2D eigenvalue weighted by molar-refractivity contribution is -0.384. The Bertz CT molecular complexity index is 943. The largest absolute Gasteiger partial charge is 0.481 e. The first-order valence-electron chi connectivity index (χ1n) is 8.17. The smallest absolute Gasteiger partial charge is 0.303 e. The summed E-state index contributed by atoms with van der Waals surface area (Å²) >= 11 is 0. The Labute approximate surface area is 147 Å². The maximum Gasteiger partial charge on any atom is 0.303 e. The number of fused-ring (bicyclic) bond motifs is 1.